The first-order valence-electron chi connectivity index (χ1n) is 7.43. The van der Waals surface area contributed by atoms with Crippen LogP contribution in [-0.2, 0) is 7.05 Å². The Morgan fingerprint density at radius 1 is 1.26 bits per heavy atom. The molecule has 0 saturated heterocycles. The fourth-order valence-corrected chi connectivity index (χ4v) is 4.41. The molecule has 1 atom stereocenters. The van der Waals surface area contributed by atoms with Crippen molar-refractivity contribution >= 4 is 32.3 Å². The number of halogens is 1. The highest BCUT2D eigenvalue weighted by atomic mass is 79.9. The lowest BCUT2D eigenvalue weighted by Gasteiger charge is -2.18. The Bertz CT molecular complexity index is 766. The third kappa shape index (κ3) is 3.65. The van der Waals surface area contributed by atoms with E-state index in [0.29, 0.717) is 0 Å². The first-order chi connectivity index (χ1) is 11.2. The maximum absolute atomic E-state index is 4.25. The zero-order valence-electron chi connectivity index (χ0n) is 13.1. The molecule has 0 aliphatic rings. The lowest BCUT2D eigenvalue weighted by molar-refractivity contribution is 0.691. The van der Waals surface area contributed by atoms with E-state index in [1.54, 1.807) is 11.3 Å². The predicted octanol–water partition coefficient (Wildman–Crippen LogP) is 4.28. The molecule has 2 heterocycles. The van der Waals surface area contributed by atoms with Gasteiger partial charge in [0.2, 0.25) is 0 Å². The molecule has 2 N–H and O–H groups in total. The number of nitrogens with zero attached hydrogens (tertiary/aromatic N) is 2. The highest BCUT2D eigenvalue weighted by molar-refractivity contribution is 9.10. The molecule has 0 aliphatic carbocycles. The first kappa shape index (κ1) is 16.2. The quantitative estimate of drug-likeness (QED) is 0.659. The van der Waals surface area contributed by atoms with Crippen molar-refractivity contribution in [3.05, 3.63) is 58.7 Å². The number of thiophene rings is 1. The summed E-state index contributed by atoms with van der Waals surface area (Å²) >= 11 is 5.41. The van der Waals surface area contributed by atoms with E-state index < -0.39 is 0 Å². The Balaban J connectivity index is 1.86. The van der Waals surface area contributed by atoms with Gasteiger partial charge < -0.3 is 10.6 Å². The van der Waals surface area contributed by atoms with Crippen molar-refractivity contribution in [2.24, 2.45) is 7.05 Å². The Kier molecular flexibility index (Phi) is 5.15. The highest BCUT2D eigenvalue weighted by Crippen LogP contribution is 2.40. The first-order valence-corrected chi connectivity index (χ1v) is 9.03. The zero-order chi connectivity index (χ0) is 16.2. The van der Waals surface area contributed by atoms with E-state index in [1.807, 2.05) is 37.1 Å². The van der Waals surface area contributed by atoms with E-state index in [0.717, 1.165) is 21.7 Å². The fourth-order valence-electron chi connectivity index (χ4n) is 2.52. The summed E-state index contributed by atoms with van der Waals surface area (Å²) in [6.07, 6.45) is 1.82. The van der Waals surface area contributed by atoms with Gasteiger partial charge in [-0.3, -0.25) is 4.68 Å². The van der Waals surface area contributed by atoms with Gasteiger partial charge in [-0.25, -0.2) is 0 Å². The molecule has 4 nitrogen and oxygen atoms in total. The number of benzene rings is 1. The molecule has 0 aliphatic heterocycles. The second-order valence-electron chi connectivity index (χ2n) is 5.29. The molecule has 0 fully saturated rings. The van der Waals surface area contributed by atoms with Crippen LogP contribution in [0.2, 0.25) is 0 Å². The lowest BCUT2D eigenvalue weighted by Crippen LogP contribution is -2.23. The molecule has 0 radical (unpaired) electrons. The third-order valence-corrected chi connectivity index (χ3v) is 5.64. The van der Waals surface area contributed by atoms with Crippen molar-refractivity contribution in [2.45, 2.75) is 6.04 Å². The molecule has 1 aromatic carbocycles. The van der Waals surface area contributed by atoms with E-state index >= 15 is 0 Å². The van der Waals surface area contributed by atoms with Gasteiger partial charge in [0.15, 0.2) is 0 Å². The van der Waals surface area contributed by atoms with Gasteiger partial charge in [0.05, 0.1) is 21.6 Å². The molecule has 3 rings (SSSR count). The fraction of sp³-hybridized carbons (Fsp3) is 0.235. The summed E-state index contributed by atoms with van der Waals surface area (Å²) < 4.78 is 2.98. The van der Waals surface area contributed by atoms with Gasteiger partial charge in [-0.05, 0) is 40.7 Å². The molecule has 0 spiro atoms. The Morgan fingerprint density at radius 2 is 2.04 bits per heavy atom. The van der Waals surface area contributed by atoms with Crippen LogP contribution in [0.3, 0.4) is 0 Å². The van der Waals surface area contributed by atoms with Crippen LogP contribution < -0.4 is 10.6 Å². The van der Waals surface area contributed by atoms with Gasteiger partial charge in [0.25, 0.3) is 0 Å². The normalized spacial score (nSPS) is 12.3. The molecule has 23 heavy (non-hydrogen) atoms. The van der Waals surface area contributed by atoms with Crippen LogP contribution in [0.4, 0.5) is 5.00 Å². The third-order valence-electron chi connectivity index (χ3n) is 3.67. The molecular weight excluding hydrogens is 372 g/mol. The SMILES string of the molecule is CNCC(Nc1cc(Br)c(-c2ccnn2C)s1)c1ccccc1. The maximum Gasteiger partial charge on any atom is 0.0906 e. The van der Waals surface area contributed by atoms with Crippen LogP contribution in [0.5, 0.6) is 0 Å². The number of anilines is 1. The lowest BCUT2D eigenvalue weighted by atomic mass is 10.1. The van der Waals surface area contributed by atoms with E-state index in [4.69, 9.17) is 0 Å². The van der Waals surface area contributed by atoms with E-state index in [2.05, 4.69) is 62.0 Å². The second kappa shape index (κ2) is 7.29. The zero-order valence-corrected chi connectivity index (χ0v) is 15.5. The van der Waals surface area contributed by atoms with Gasteiger partial charge in [0, 0.05) is 24.3 Å². The van der Waals surface area contributed by atoms with Crippen molar-refractivity contribution in [1.29, 1.82) is 0 Å². The Hall–Kier alpha value is -1.63. The highest BCUT2D eigenvalue weighted by Gasteiger charge is 2.15. The van der Waals surface area contributed by atoms with Crippen molar-refractivity contribution in [3.63, 3.8) is 0 Å². The number of rotatable bonds is 6. The number of hydrogen-bond donors (Lipinski definition) is 2. The van der Waals surface area contributed by atoms with E-state index in [-0.39, 0.29) is 6.04 Å². The van der Waals surface area contributed by atoms with Crippen molar-refractivity contribution in [1.82, 2.24) is 15.1 Å². The van der Waals surface area contributed by atoms with Gasteiger partial charge >= 0.3 is 0 Å². The van der Waals surface area contributed by atoms with Gasteiger partial charge in [-0.2, -0.15) is 5.10 Å². The summed E-state index contributed by atoms with van der Waals surface area (Å²) in [7, 11) is 3.94. The molecule has 0 saturated carbocycles. The number of nitrogens with one attached hydrogen (secondary N) is 2. The Morgan fingerprint density at radius 3 is 2.70 bits per heavy atom. The standard InChI is InChI=1S/C17H19BrN4S/c1-19-11-14(12-6-4-3-5-7-12)21-16-10-13(18)17(23-16)15-8-9-20-22(15)2/h3-10,14,19,21H,11H2,1-2H3. The maximum atomic E-state index is 4.25. The topological polar surface area (TPSA) is 41.9 Å². The van der Waals surface area contributed by atoms with Gasteiger partial charge in [-0.15, -0.1) is 11.3 Å². The average Bonchev–Trinajstić information content (AvgIpc) is 3.13. The van der Waals surface area contributed by atoms with Crippen molar-refractivity contribution < 1.29 is 0 Å². The predicted molar refractivity (Wildman–Crippen MR) is 101 cm³/mol. The molecule has 3 aromatic rings. The molecule has 6 heteroatoms. The smallest absolute Gasteiger partial charge is 0.0906 e. The van der Waals surface area contributed by atoms with Crippen LogP contribution >= 0.6 is 27.3 Å². The van der Waals surface area contributed by atoms with Crippen LogP contribution in [0, 0.1) is 0 Å². The van der Waals surface area contributed by atoms with Gasteiger partial charge in [-0.1, -0.05) is 30.3 Å². The summed E-state index contributed by atoms with van der Waals surface area (Å²) in [5.41, 5.74) is 2.38. The monoisotopic (exact) mass is 390 g/mol. The van der Waals surface area contributed by atoms with E-state index in [1.165, 1.54) is 10.4 Å². The van der Waals surface area contributed by atoms with Crippen molar-refractivity contribution in [3.8, 4) is 10.6 Å². The molecular formula is C17H19BrN4S. The number of aromatic nitrogens is 2. The summed E-state index contributed by atoms with van der Waals surface area (Å²) in [5, 5.41) is 12.3. The molecule has 1 unspecified atom stereocenters. The minimum absolute atomic E-state index is 0.228. The largest absolute Gasteiger partial charge is 0.369 e. The summed E-state index contributed by atoms with van der Waals surface area (Å²) in [6.45, 7) is 0.862. The van der Waals surface area contributed by atoms with Crippen LogP contribution in [0.25, 0.3) is 10.6 Å². The Labute approximate surface area is 148 Å². The minimum Gasteiger partial charge on any atom is -0.369 e. The summed E-state index contributed by atoms with van der Waals surface area (Å²) in [4.78, 5) is 1.18. The van der Waals surface area contributed by atoms with Crippen LogP contribution in [-0.4, -0.2) is 23.4 Å². The summed E-state index contributed by atoms with van der Waals surface area (Å²) in [5.74, 6) is 0. The number of aryl methyl sites for hydroxylation is 1. The summed E-state index contributed by atoms with van der Waals surface area (Å²) in [6, 6.07) is 14.9. The van der Waals surface area contributed by atoms with Crippen LogP contribution in [0.15, 0.2) is 53.1 Å². The van der Waals surface area contributed by atoms with Crippen LogP contribution in [0.1, 0.15) is 11.6 Å². The average molecular weight is 391 g/mol. The second-order valence-corrected chi connectivity index (χ2v) is 7.20. The van der Waals surface area contributed by atoms with Gasteiger partial charge in [0.1, 0.15) is 0 Å². The molecule has 2 aromatic heterocycles. The number of likely N-dealkylation sites (N-methyl/N-ethyl adjacent to an activating group) is 1. The number of hydrogen-bond acceptors (Lipinski definition) is 4. The molecule has 0 amide bonds. The minimum atomic E-state index is 0.228. The molecule has 0 bridgehead atoms. The molecule has 120 valence electrons. The van der Waals surface area contributed by atoms with Crippen molar-refractivity contribution in [2.75, 3.05) is 18.9 Å². The van der Waals surface area contributed by atoms with E-state index in [9.17, 15) is 0 Å².